The number of morpholine rings is 1. The van der Waals surface area contributed by atoms with E-state index < -0.39 is 20.7 Å². The number of halogens is 1. The van der Waals surface area contributed by atoms with Gasteiger partial charge in [0.05, 0.1) is 18.1 Å². The first-order valence-corrected chi connectivity index (χ1v) is 11.9. The summed E-state index contributed by atoms with van der Waals surface area (Å²) in [5.74, 6) is -1.17. The molecule has 0 atom stereocenters. The van der Waals surface area contributed by atoms with Crippen molar-refractivity contribution in [2.24, 2.45) is 0 Å². The monoisotopic (exact) mass is 440 g/mol. The van der Waals surface area contributed by atoms with Gasteiger partial charge in [0.15, 0.2) is 0 Å². The number of hydrogen-bond donors (Lipinski definition) is 1. The van der Waals surface area contributed by atoms with Gasteiger partial charge in [0, 0.05) is 23.7 Å². The van der Waals surface area contributed by atoms with Gasteiger partial charge in [0.25, 0.3) is 5.91 Å². The largest absolute Gasteiger partial charge is 0.379 e. The van der Waals surface area contributed by atoms with E-state index in [-0.39, 0.29) is 37.9 Å². The molecule has 0 saturated carbocycles. The van der Waals surface area contributed by atoms with Crippen LogP contribution in [0.2, 0.25) is 0 Å². The molecule has 158 valence electrons. The van der Waals surface area contributed by atoms with Crippen LogP contribution in [-0.2, 0) is 27.6 Å². The molecule has 1 aromatic carbocycles. The second-order valence-electron chi connectivity index (χ2n) is 6.78. The highest BCUT2D eigenvalue weighted by Gasteiger charge is 2.29. The van der Waals surface area contributed by atoms with Crippen molar-refractivity contribution >= 4 is 33.0 Å². The summed E-state index contributed by atoms with van der Waals surface area (Å²) in [5.41, 5.74) is 1.39. The summed E-state index contributed by atoms with van der Waals surface area (Å²) in [5, 5.41) is 2.70. The molecule has 0 bridgehead atoms. The Kier molecular flexibility index (Phi) is 7.05. The Morgan fingerprint density at radius 1 is 1.24 bits per heavy atom. The molecule has 0 radical (unpaired) electrons. The molecule has 2 aromatic rings. The number of rotatable bonds is 7. The van der Waals surface area contributed by atoms with Crippen molar-refractivity contribution in [2.75, 3.05) is 31.6 Å². The lowest BCUT2D eigenvalue weighted by Crippen LogP contribution is -2.40. The van der Waals surface area contributed by atoms with Crippen LogP contribution in [0, 0.1) is 5.82 Å². The Balaban J connectivity index is 1.83. The maximum atomic E-state index is 14.3. The molecule has 1 saturated heterocycles. The maximum absolute atomic E-state index is 14.3. The molecule has 0 unspecified atom stereocenters. The second-order valence-corrected chi connectivity index (χ2v) is 9.82. The van der Waals surface area contributed by atoms with Gasteiger partial charge >= 0.3 is 0 Å². The van der Waals surface area contributed by atoms with Gasteiger partial charge in [-0.05, 0) is 42.7 Å². The van der Waals surface area contributed by atoms with Crippen LogP contribution in [0.5, 0.6) is 0 Å². The molecule has 0 aliphatic carbocycles. The highest BCUT2D eigenvalue weighted by atomic mass is 32.2. The predicted octanol–water partition coefficient (Wildman–Crippen LogP) is 3.68. The van der Waals surface area contributed by atoms with Gasteiger partial charge < -0.3 is 10.1 Å². The van der Waals surface area contributed by atoms with Crippen LogP contribution in [-0.4, -0.2) is 44.9 Å². The smallest absolute Gasteiger partial charge is 0.265 e. The minimum Gasteiger partial charge on any atom is -0.379 e. The van der Waals surface area contributed by atoms with E-state index in [9.17, 15) is 17.6 Å². The minimum atomic E-state index is -4.00. The third kappa shape index (κ3) is 4.85. The fourth-order valence-corrected chi connectivity index (χ4v) is 5.96. The molecule has 6 nitrogen and oxygen atoms in total. The van der Waals surface area contributed by atoms with Crippen LogP contribution < -0.4 is 5.32 Å². The average Bonchev–Trinajstić information content (AvgIpc) is 3.13. The average molecular weight is 441 g/mol. The van der Waals surface area contributed by atoms with Gasteiger partial charge in [-0.2, -0.15) is 4.31 Å². The molecule has 0 spiro atoms. The number of aryl methyl sites for hydroxylation is 2. The fraction of sp³-hybridized carbons (Fsp3) is 0.450. The number of nitrogens with one attached hydrogen (secondary N) is 1. The van der Waals surface area contributed by atoms with Gasteiger partial charge in [-0.1, -0.05) is 20.3 Å². The number of amides is 1. The molecule has 2 heterocycles. The topological polar surface area (TPSA) is 75.7 Å². The van der Waals surface area contributed by atoms with E-state index in [4.69, 9.17) is 4.74 Å². The Labute approximate surface area is 174 Å². The lowest BCUT2D eigenvalue weighted by Gasteiger charge is -2.26. The summed E-state index contributed by atoms with van der Waals surface area (Å²) in [6.07, 6.45) is 2.76. The van der Waals surface area contributed by atoms with E-state index >= 15 is 0 Å². The summed E-state index contributed by atoms with van der Waals surface area (Å²) in [4.78, 5) is 14.0. The summed E-state index contributed by atoms with van der Waals surface area (Å²) in [6, 6.07) is 5.49. The fourth-order valence-electron chi connectivity index (χ4n) is 3.21. The number of carbonyl (C=O) groups excluding carboxylic acids is 1. The first-order valence-electron chi connectivity index (χ1n) is 9.67. The Morgan fingerprint density at radius 3 is 2.62 bits per heavy atom. The predicted molar refractivity (Wildman–Crippen MR) is 112 cm³/mol. The van der Waals surface area contributed by atoms with E-state index in [0.29, 0.717) is 4.88 Å². The van der Waals surface area contributed by atoms with E-state index in [1.54, 1.807) is 0 Å². The third-order valence-corrected chi connectivity index (χ3v) is 7.90. The number of benzene rings is 1. The van der Waals surface area contributed by atoms with Gasteiger partial charge in [-0.15, -0.1) is 11.3 Å². The minimum absolute atomic E-state index is 0.174. The van der Waals surface area contributed by atoms with Crippen LogP contribution >= 0.6 is 11.3 Å². The van der Waals surface area contributed by atoms with E-state index in [0.717, 1.165) is 30.9 Å². The van der Waals surface area contributed by atoms with E-state index in [1.807, 2.05) is 13.0 Å². The second kappa shape index (κ2) is 9.34. The summed E-state index contributed by atoms with van der Waals surface area (Å²) >= 11 is 1.45. The molecular formula is C20H25FN2O4S2. The quantitative estimate of drug-likeness (QED) is 0.713. The van der Waals surface area contributed by atoms with Crippen molar-refractivity contribution in [1.29, 1.82) is 0 Å². The van der Waals surface area contributed by atoms with E-state index in [2.05, 4.69) is 12.2 Å². The lowest BCUT2D eigenvalue weighted by atomic mass is 10.1. The van der Waals surface area contributed by atoms with Crippen LogP contribution in [0.25, 0.3) is 0 Å². The van der Waals surface area contributed by atoms with Crippen molar-refractivity contribution in [1.82, 2.24) is 4.31 Å². The number of ether oxygens (including phenoxy) is 1. The SMILES string of the molecule is CCCc1sc(C(=O)Nc2ccc(F)c(S(=O)(=O)N3CCOCC3)c2)cc1CC. The number of hydrogen-bond acceptors (Lipinski definition) is 5. The molecule has 1 amide bonds. The summed E-state index contributed by atoms with van der Waals surface area (Å²) < 4.78 is 46.3. The van der Waals surface area contributed by atoms with Gasteiger partial charge in [-0.3, -0.25) is 4.79 Å². The standard InChI is InChI=1S/C20H25FN2O4S2/c1-3-5-17-14(4-2)12-18(28-17)20(24)22-15-6-7-16(21)19(13-15)29(25,26)23-8-10-27-11-9-23/h6-7,12-13H,3-5,8-11H2,1-2H3,(H,22,24). The normalized spacial score (nSPS) is 15.4. The lowest BCUT2D eigenvalue weighted by molar-refractivity contribution is 0.0729. The number of nitrogens with zero attached hydrogens (tertiary/aromatic N) is 1. The molecule has 1 aliphatic heterocycles. The molecule has 1 aromatic heterocycles. The third-order valence-electron chi connectivity index (χ3n) is 4.76. The zero-order chi connectivity index (χ0) is 21.0. The molecule has 3 rings (SSSR count). The molecule has 1 N–H and O–H groups in total. The highest BCUT2D eigenvalue weighted by Crippen LogP contribution is 2.27. The number of sulfonamides is 1. The number of anilines is 1. The molecular weight excluding hydrogens is 415 g/mol. The molecule has 1 aliphatic rings. The summed E-state index contributed by atoms with van der Waals surface area (Å²) in [7, 11) is -4.00. The molecule has 1 fully saturated rings. The Hall–Kier alpha value is -1.81. The van der Waals surface area contributed by atoms with Crippen molar-refractivity contribution in [3.8, 4) is 0 Å². The van der Waals surface area contributed by atoms with Crippen molar-refractivity contribution < 1.29 is 22.3 Å². The van der Waals surface area contributed by atoms with Crippen molar-refractivity contribution in [3.05, 3.63) is 45.4 Å². The molecule has 9 heteroatoms. The zero-order valence-electron chi connectivity index (χ0n) is 16.5. The van der Waals surface area contributed by atoms with Gasteiger partial charge in [0.1, 0.15) is 10.7 Å². The Bertz CT molecular complexity index is 982. The first kappa shape index (κ1) is 21.9. The highest BCUT2D eigenvalue weighted by molar-refractivity contribution is 7.89. The van der Waals surface area contributed by atoms with Crippen LogP contribution in [0.4, 0.5) is 10.1 Å². The van der Waals surface area contributed by atoms with Gasteiger partial charge in [-0.25, -0.2) is 12.8 Å². The van der Waals surface area contributed by atoms with Gasteiger partial charge in [0.2, 0.25) is 10.0 Å². The van der Waals surface area contributed by atoms with Crippen LogP contribution in [0.15, 0.2) is 29.2 Å². The first-order chi connectivity index (χ1) is 13.9. The summed E-state index contributed by atoms with van der Waals surface area (Å²) in [6.45, 7) is 5.03. The van der Waals surface area contributed by atoms with Crippen LogP contribution in [0.1, 0.15) is 40.4 Å². The molecule has 29 heavy (non-hydrogen) atoms. The van der Waals surface area contributed by atoms with Crippen LogP contribution in [0.3, 0.4) is 0 Å². The Morgan fingerprint density at radius 2 is 1.97 bits per heavy atom. The van der Waals surface area contributed by atoms with Crippen molar-refractivity contribution in [3.63, 3.8) is 0 Å². The maximum Gasteiger partial charge on any atom is 0.265 e. The van der Waals surface area contributed by atoms with E-state index in [1.165, 1.54) is 32.7 Å². The number of carbonyl (C=O) groups is 1. The number of thiophene rings is 1. The zero-order valence-corrected chi connectivity index (χ0v) is 18.2. The van der Waals surface area contributed by atoms with Crippen molar-refractivity contribution in [2.45, 2.75) is 38.0 Å².